The van der Waals surface area contributed by atoms with E-state index in [1.165, 1.54) is 6.42 Å². The van der Waals surface area contributed by atoms with Crippen LogP contribution in [0.1, 0.15) is 37.8 Å². The standard InChI is InChI=1S/C22H24Cl2N4O/c1-15-20(22(29)26-27-13-5-2-6-14-27)25-28(19-8-4-3-7-18(19)24)21(15)16-9-11-17(23)12-10-16/h3-4,7-12,15,21H,2,5-6,13-14H2,1H3,(H,26,29). The zero-order valence-corrected chi connectivity index (χ0v) is 17.8. The van der Waals surface area contributed by atoms with E-state index < -0.39 is 0 Å². The molecule has 2 heterocycles. The Hall–Kier alpha value is -2.08. The molecule has 2 aromatic carbocycles. The number of hydrogen-bond acceptors (Lipinski definition) is 4. The molecular formula is C22H24Cl2N4O. The van der Waals surface area contributed by atoms with Gasteiger partial charge in [0.25, 0.3) is 5.91 Å². The van der Waals surface area contributed by atoms with Gasteiger partial charge in [0.1, 0.15) is 5.71 Å². The third kappa shape index (κ3) is 4.27. The van der Waals surface area contributed by atoms with Gasteiger partial charge in [0.2, 0.25) is 0 Å². The number of rotatable bonds is 4. The van der Waals surface area contributed by atoms with E-state index in [0.717, 1.165) is 37.2 Å². The lowest BCUT2D eigenvalue weighted by Gasteiger charge is -2.28. The Morgan fingerprint density at radius 3 is 2.41 bits per heavy atom. The van der Waals surface area contributed by atoms with Crippen LogP contribution in [0.4, 0.5) is 5.69 Å². The fraction of sp³-hybridized carbons (Fsp3) is 0.364. The quantitative estimate of drug-likeness (QED) is 0.736. The number of carbonyl (C=O) groups excluding carboxylic acids is 1. The first-order valence-electron chi connectivity index (χ1n) is 9.98. The number of para-hydroxylation sites is 1. The summed E-state index contributed by atoms with van der Waals surface area (Å²) in [5, 5.41) is 9.87. The summed E-state index contributed by atoms with van der Waals surface area (Å²) in [6.07, 6.45) is 3.41. The van der Waals surface area contributed by atoms with Crippen LogP contribution >= 0.6 is 23.2 Å². The molecule has 1 saturated heterocycles. The molecule has 0 spiro atoms. The normalized spacial score (nSPS) is 22.4. The molecule has 2 aliphatic rings. The molecular weight excluding hydrogens is 407 g/mol. The molecule has 7 heteroatoms. The van der Waals surface area contributed by atoms with Crippen LogP contribution in [0.25, 0.3) is 0 Å². The smallest absolute Gasteiger partial charge is 0.282 e. The summed E-state index contributed by atoms with van der Waals surface area (Å²) in [6, 6.07) is 15.1. The van der Waals surface area contributed by atoms with Gasteiger partial charge < -0.3 is 0 Å². The number of hydrazine groups is 1. The van der Waals surface area contributed by atoms with E-state index in [1.807, 2.05) is 65.5 Å². The minimum absolute atomic E-state index is 0.114. The molecule has 2 unspecified atom stereocenters. The van der Waals surface area contributed by atoms with Crippen LogP contribution in [0.5, 0.6) is 0 Å². The van der Waals surface area contributed by atoms with Gasteiger partial charge in [-0.2, -0.15) is 5.10 Å². The van der Waals surface area contributed by atoms with Crippen molar-refractivity contribution >= 4 is 40.5 Å². The van der Waals surface area contributed by atoms with E-state index in [0.29, 0.717) is 15.8 Å². The minimum Gasteiger partial charge on any atom is -0.284 e. The van der Waals surface area contributed by atoms with Crippen molar-refractivity contribution in [1.82, 2.24) is 10.4 Å². The van der Waals surface area contributed by atoms with Crippen LogP contribution in [0.15, 0.2) is 53.6 Å². The molecule has 2 aromatic rings. The molecule has 0 bridgehead atoms. The number of piperidine rings is 1. The fourth-order valence-electron chi connectivity index (χ4n) is 4.02. The second kappa shape index (κ2) is 8.74. The summed E-state index contributed by atoms with van der Waals surface area (Å²) in [7, 11) is 0. The zero-order valence-electron chi connectivity index (χ0n) is 16.3. The third-order valence-corrected chi connectivity index (χ3v) is 6.11. The number of nitrogens with one attached hydrogen (secondary N) is 1. The lowest BCUT2D eigenvalue weighted by Crippen LogP contribution is -2.48. The SMILES string of the molecule is CC1C(C(=O)NN2CCCCC2)=NN(c2ccccc2Cl)C1c1ccc(Cl)cc1. The van der Waals surface area contributed by atoms with Gasteiger partial charge in [-0.15, -0.1) is 0 Å². The van der Waals surface area contributed by atoms with Crippen molar-refractivity contribution in [3.8, 4) is 0 Å². The molecule has 2 atom stereocenters. The number of hydrazone groups is 1. The molecule has 0 saturated carbocycles. The highest BCUT2D eigenvalue weighted by molar-refractivity contribution is 6.40. The van der Waals surface area contributed by atoms with Gasteiger partial charge in [-0.3, -0.25) is 15.2 Å². The van der Waals surface area contributed by atoms with E-state index in [1.54, 1.807) is 0 Å². The maximum atomic E-state index is 13.1. The second-order valence-electron chi connectivity index (χ2n) is 7.55. The van der Waals surface area contributed by atoms with Crippen molar-refractivity contribution in [2.75, 3.05) is 18.1 Å². The number of anilines is 1. The van der Waals surface area contributed by atoms with Gasteiger partial charge in [0.15, 0.2) is 0 Å². The second-order valence-corrected chi connectivity index (χ2v) is 8.40. The molecule has 1 N–H and O–H groups in total. The van der Waals surface area contributed by atoms with Gasteiger partial charge in [-0.1, -0.05) is 60.8 Å². The Morgan fingerprint density at radius 2 is 1.72 bits per heavy atom. The highest BCUT2D eigenvalue weighted by atomic mass is 35.5. The van der Waals surface area contributed by atoms with Gasteiger partial charge in [-0.05, 0) is 42.7 Å². The topological polar surface area (TPSA) is 47.9 Å². The van der Waals surface area contributed by atoms with Crippen LogP contribution in [0.3, 0.4) is 0 Å². The summed E-state index contributed by atoms with van der Waals surface area (Å²) >= 11 is 12.6. The van der Waals surface area contributed by atoms with Crippen molar-refractivity contribution < 1.29 is 4.79 Å². The van der Waals surface area contributed by atoms with E-state index in [9.17, 15) is 4.79 Å². The largest absolute Gasteiger partial charge is 0.284 e. The average Bonchev–Trinajstić information content (AvgIpc) is 3.07. The van der Waals surface area contributed by atoms with Crippen molar-refractivity contribution in [2.24, 2.45) is 11.0 Å². The molecule has 4 rings (SSSR count). The number of carbonyl (C=O) groups is 1. The summed E-state index contributed by atoms with van der Waals surface area (Å²) in [6.45, 7) is 3.79. The molecule has 152 valence electrons. The predicted octanol–water partition coefficient (Wildman–Crippen LogP) is 5.06. The number of amides is 1. The Bertz CT molecular complexity index is 909. The van der Waals surface area contributed by atoms with Crippen LogP contribution < -0.4 is 10.4 Å². The third-order valence-electron chi connectivity index (χ3n) is 5.54. The average molecular weight is 431 g/mol. The molecule has 1 fully saturated rings. The maximum Gasteiger partial charge on any atom is 0.282 e. The zero-order chi connectivity index (χ0) is 20.4. The first-order chi connectivity index (χ1) is 14.0. The summed E-state index contributed by atoms with van der Waals surface area (Å²) < 4.78 is 0. The summed E-state index contributed by atoms with van der Waals surface area (Å²) in [5.74, 6) is -0.259. The number of benzene rings is 2. The summed E-state index contributed by atoms with van der Waals surface area (Å²) in [5.41, 5.74) is 5.36. The van der Waals surface area contributed by atoms with E-state index in [-0.39, 0.29) is 17.9 Å². The van der Waals surface area contributed by atoms with Crippen LogP contribution in [-0.2, 0) is 4.79 Å². The van der Waals surface area contributed by atoms with Crippen molar-refractivity contribution in [1.29, 1.82) is 0 Å². The molecule has 2 aliphatic heterocycles. The Morgan fingerprint density at radius 1 is 1.03 bits per heavy atom. The van der Waals surface area contributed by atoms with Crippen LogP contribution in [-0.4, -0.2) is 29.7 Å². The summed E-state index contributed by atoms with van der Waals surface area (Å²) in [4.78, 5) is 13.1. The molecule has 29 heavy (non-hydrogen) atoms. The molecule has 1 amide bonds. The molecule has 5 nitrogen and oxygen atoms in total. The van der Waals surface area contributed by atoms with E-state index in [2.05, 4.69) is 5.43 Å². The first kappa shape index (κ1) is 20.2. The lowest BCUT2D eigenvalue weighted by atomic mass is 9.91. The first-order valence-corrected chi connectivity index (χ1v) is 10.7. The van der Waals surface area contributed by atoms with Crippen LogP contribution in [0.2, 0.25) is 10.0 Å². The number of nitrogens with zero attached hydrogens (tertiary/aromatic N) is 3. The van der Waals surface area contributed by atoms with Gasteiger partial charge in [0.05, 0.1) is 16.8 Å². The predicted molar refractivity (Wildman–Crippen MR) is 118 cm³/mol. The van der Waals surface area contributed by atoms with Gasteiger partial charge in [0, 0.05) is 24.0 Å². The Kier molecular flexibility index (Phi) is 6.09. The van der Waals surface area contributed by atoms with Gasteiger partial charge >= 0.3 is 0 Å². The monoisotopic (exact) mass is 430 g/mol. The van der Waals surface area contributed by atoms with E-state index >= 15 is 0 Å². The van der Waals surface area contributed by atoms with Crippen molar-refractivity contribution in [3.05, 3.63) is 64.1 Å². The van der Waals surface area contributed by atoms with Crippen molar-refractivity contribution in [2.45, 2.75) is 32.2 Å². The maximum absolute atomic E-state index is 13.1. The number of halogens is 2. The Balaban J connectivity index is 1.66. The van der Waals surface area contributed by atoms with Gasteiger partial charge in [-0.25, -0.2) is 5.01 Å². The highest BCUT2D eigenvalue weighted by Gasteiger charge is 2.40. The lowest BCUT2D eigenvalue weighted by molar-refractivity contribution is -0.120. The highest BCUT2D eigenvalue weighted by Crippen LogP contribution is 2.41. The fourth-order valence-corrected chi connectivity index (χ4v) is 4.37. The molecule has 0 radical (unpaired) electrons. The minimum atomic E-state index is -0.145. The Labute approximate surface area is 181 Å². The molecule has 0 aromatic heterocycles. The molecule has 0 aliphatic carbocycles. The van der Waals surface area contributed by atoms with Crippen LogP contribution in [0, 0.1) is 5.92 Å². The number of hydrogen-bond donors (Lipinski definition) is 1. The van der Waals surface area contributed by atoms with E-state index in [4.69, 9.17) is 28.3 Å². The van der Waals surface area contributed by atoms with Crippen molar-refractivity contribution in [3.63, 3.8) is 0 Å².